The summed E-state index contributed by atoms with van der Waals surface area (Å²) in [6, 6.07) is 24.6. The topological polar surface area (TPSA) is 95.4 Å². The molecule has 1 amide bonds. The molecule has 0 aliphatic carbocycles. The molecular weight excluding hydrogens is 548 g/mol. The summed E-state index contributed by atoms with van der Waals surface area (Å²) in [5.41, 5.74) is 3.17. The number of aromatic nitrogens is 2. The molecule has 180 valence electrons. The molecule has 2 unspecified atom stereocenters. The Labute approximate surface area is 219 Å². The first-order valence-electron chi connectivity index (χ1n) is 10.8. The molecule has 0 radical (unpaired) electrons. The zero-order valence-corrected chi connectivity index (χ0v) is 22.0. The van der Waals surface area contributed by atoms with E-state index in [1.165, 1.54) is 0 Å². The summed E-state index contributed by atoms with van der Waals surface area (Å²) in [7, 11) is 0. The maximum atomic E-state index is 13.2. The molecule has 4 rings (SSSR count). The molecule has 2 N–H and O–H groups in total. The molecule has 10 heteroatoms. The summed E-state index contributed by atoms with van der Waals surface area (Å²) in [5, 5.41) is 2.96. The van der Waals surface area contributed by atoms with Gasteiger partial charge in [-0.3, -0.25) is 9.35 Å². The van der Waals surface area contributed by atoms with E-state index in [1.54, 1.807) is 18.2 Å². The van der Waals surface area contributed by atoms with Gasteiger partial charge in [0.25, 0.3) is 17.2 Å². The van der Waals surface area contributed by atoms with Crippen LogP contribution < -0.4 is 9.62 Å². The zero-order valence-electron chi connectivity index (χ0n) is 18.8. The fraction of sp³-hybridized carbons (Fsp3) is 0.160. The maximum absolute atomic E-state index is 13.2. The van der Waals surface area contributed by atoms with Crippen LogP contribution in [-0.2, 0) is 17.7 Å². The first-order valence-corrected chi connectivity index (χ1v) is 13.4. The number of hydrogen-bond acceptors (Lipinski definition) is 5. The minimum atomic E-state index is -2.49. The molecule has 1 heterocycles. The van der Waals surface area contributed by atoms with Crippen LogP contribution in [0.3, 0.4) is 0 Å². The van der Waals surface area contributed by atoms with E-state index in [0.717, 1.165) is 27.2 Å². The molecular formula is C25H23BrN4O3S2. The Kier molecular flexibility index (Phi) is 8.40. The van der Waals surface area contributed by atoms with Crippen molar-refractivity contribution in [2.75, 3.05) is 10.8 Å². The number of nitrogens with one attached hydrogen (secondary N) is 1. The van der Waals surface area contributed by atoms with E-state index in [-0.39, 0.29) is 28.9 Å². The largest absolute Gasteiger partial charge is 0.351 e. The van der Waals surface area contributed by atoms with Gasteiger partial charge in [0.2, 0.25) is 0 Å². The molecule has 7 nitrogen and oxygen atoms in total. The van der Waals surface area contributed by atoms with Crippen LogP contribution in [0.5, 0.6) is 0 Å². The van der Waals surface area contributed by atoms with E-state index in [0.29, 0.717) is 23.1 Å². The highest BCUT2D eigenvalue weighted by molar-refractivity contribution is 9.10. The Morgan fingerprint density at radius 3 is 2.46 bits per heavy atom. The first kappa shape index (κ1) is 25.2. The summed E-state index contributed by atoms with van der Waals surface area (Å²) in [6.45, 7) is 2.45. The third-order valence-electron chi connectivity index (χ3n) is 5.46. The van der Waals surface area contributed by atoms with Gasteiger partial charge in [-0.1, -0.05) is 83.5 Å². The molecule has 0 aliphatic heterocycles. The van der Waals surface area contributed by atoms with E-state index < -0.39 is 11.3 Å². The molecule has 0 saturated carbocycles. The average molecular weight is 572 g/mol. The van der Waals surface area contributed by atoms with Crippen molar-refractivity contribution in [3.63, 3.8) is 0 Å². The summed E-state index contributed by atoms with van der Waals surface area (Å²) in [5.74, 6) is -0.00893. The van der Waals surface area contributed by atoms with E-state index in [1.807, 2.05) is 67.6 Å². The predicted octanol–water partition coefficient (Wildman–Crippen LogP) is 5.70. The predicted molar refractivity (Wildman–Crippen MR) is 143 cm³/mol. The molecule has 2 atom stereocenters. The third-order valence-corrected chi connectivity index (χ3v) is 7.19. The van der Waals surface area contributed by atoms with Crippen molar-refractivity contribution in [2.24, 2.45) is 0 Å². The van der Waals surface area contributed by atoms with Crippen molar-refractivity contribution >= 4 is 56.3 Å². The lowest BCUT2D eigenvalue weighted by Gasteiger charge is -2.22. The summed E-state index contributed by atoms with van der Waals surface area (Å²) >= 11 is 1.88. The normalized spacial score (nSPS) is 12.7. The molecule has 0 saturated heterocycles. The number of carbonyl (C=O) groups is 1. The lowest BCUT2D eigenvalue weighted by Crippen LogP contribution is -2.30. The monoisotopic (exact) mass is 570 g/mol. The van der Waals surface area contributed by atoms with E-state index in [4.69, 9.17) is 0 Å². The summed E-state index contributed by atoms with van der Waals surface area (Å²) in [4.78, 5) is 13.2. The molecule has 1 aromatic heterocycles. The Balaban J connectivity index is 1.63. The average Bonchev–Trinajstić information content (AvgIpc) is 3.31. The van der Waals surface area contributed by atoms with Gasteiger partial charge in [0.15, 0.2) is 5.82 Å². The summed E-state index contributed by atoms with van der Waals surface area (Å²) < 4.78 is 33.3. The van der Waals surface area contributed by atoms with Crippen LogP contribution in [0.25, 0.3) is 0 Å². The van der Waals surface area contributed by atoms with Crippen LogP contribution in [0.1, 0.15) is 40.0 Å². The lowest BCUT2D eigenvalue weighted by atomic mass is 10.0. The lowest BCUT2D eigenvalue weighted by molar-refractivity contribution is 0.0952. The highest BCUT2D eigenvalue weighted by Crippen LogP contribution is 2.34. The van der Waals surface area contributed by atoms with Crippen LogP contribution in [0.4, 0.5) is 11.5 Å². The number of nitrogens with zero attached hydrogens (tertiary/aromatic N) is 3. The molecule has 35 heavy (non-hydrogen) atoms. The smallest absolute Gasteiger partial charge is 0.268 e. The van der Waals surface area contributed by atoms with Crippen molar-refractivity contribution in [2.45, 2.75) is 19.3 Å². The number of amides is 1. The number of hydrogen-bond donors (Lipinski definition) is 2. The molecule has 0 aliphatic rings. The molecule has 0 spiro atoms. The van der Waals surface area contributed by atoms with Crippen molar-refractivity contribution in [1.82, 2.24) is 14.1 Å². The molecule has 4 aromatic rings. The third kappa shape index (κ3) is 6.21. The Bertz CT molecular complexity index is 1320. The highest BCUT2D eigenvalue weighted by atomic mass is 79.9. The second kappa shape index (κ2) is 11.7. The van der Waals surface area contributed by atoms with Crippen LogP contribution in [0.15, 0.2) is 83.3 Å². The van der Waals surface area contributed by atoms with Crippen molar-refractivity contribution < 1.29 is 13.6 Å². The van der Waals surface area contributed by atoms with Gasteiger partial charge < -0.3 is 5.32 Å². The highest BCUT2D eigenvalue weighted by Gasteiger charge is 2.27. The number of benzene rings is 3. The van der Waals surface area contributed by atoms with Gasteiger partial charge in [0.1, 0.15) is 5.69 Å². The molecule has 3 aromatic carbocycles. The fourth-order valence-electron chi connectivity index (χ4n) is 3.63. The minimum absolute atomic E-state index is 0.0994. The van der Waals surface area contributed by atoms with Crippen molar-refractivity contribution in [3.05, 3.63) is 106 Å². The Morgan fingerprint density at radius 2 is 1.77 bits per heavy atom. The second-order valence-corrected chi connectivity index (χ2v) is 10.2. The van der Waals surface area contributed by atoms with Gasteiger partial charge in [-0.05, 0) is 35.2 Å². The van der Waals surface area contributed by atoms with Crippen LogP contribution in [0, 0.1) is 0 Å². The number of anilines is 2. The zero-order chi connectivity index (χ0) is 24.8. The van der Waals surface area contributed by atoms with Gasteiger partial charge in [0.05, 0.1) is 23.0 Å². The van der Waals surface area contributed by atoms with Crippen LogP contribution in [0.2, 0.25) is 0 Å². The summed E-state index contributed by atoms with van der Waals surface area (Å²) in [6.07, 6.45) is 0.435. The minimum Gasteiger partial charge on any atom is -0.351 e. The first-order chi connectivity index (χ1) is 16.9. The van der Waals surface area contributed by atoms with Gasteiger partial charge >= 0.3 is 0 Å². The molecule has 0 fully saturated rings. The van der Waals surface area contributed by atoms with Crippen molar-refractivity contribution in [3.8, 4) is 0 Å². The van der Waals surface area contributed by atoms with Gasteiger partial charge in [0, 0.05) is 17.4 Å². The number of carbonyl (C=O) groups excluding carboxylic acids is 1. The Morgan fingerprint density at radius 1 is 1.09 bits per heavy atom. The van der Waals surface area contributed by atoms with Gasteiger partial charge in [-0.25, -0.2) is 8.51 Å². The van der Waals surface area contributed by atoms with E-state index >= 15 is 0 Å². The quantitative estimate of drug-likeness (QED) is 0.252. The Hall–Kier alpha value is -2.92. The fourth-order valence-corrected chi connectivity index (χ4v) is 5.20. The number of halogens is 1. The second-order valence-electron chi connectivity index (χ2n) is 7.91. The van der Waals surface area contributed by atoms with Gasteiger partial charge in [-0.15, -0.1) is 0 Å². The van der Waals surface area contributed by atoms with Gasteiger partial charge in [-0.2, -0.15) is 8.75 Å². The SMILES string of the molecule is CC(CNC(=O)c1ccc(Br)cc1N(c1nsnc1Cc1ccccc1)S(=O)O)c1ccccc1. The molecule has 0 bridgehead atoms. The van der Waals surface area contributed by atoms with Crippen LogP contribution in [-0.4, -0.2) is 30.0 Å². The number of rotatable bonds is 9. The van der Waals surface area contributed by atoms with E-state index in [9.17, 15) is 13.6 Å². The van der Waals surface area contributed by atoms with E-state index in [2.05, 4.69) is 30.0 Å². The maximum Gasteiger partial charge on any atom is 0.268 e. The van der Waals surface area contributed by atoms with Crippen molar-refractivity contribution in [1.29, 1.82) is 0 Å². The standard InChI is InChI=1S/C25H23BrN4O3S2/c1-17(19-10-6-3-7-11-19)16-27-25(31)21-13-12-20(26)15-23(21)30(35(32)33)24-22(28-34-29-24)14-18-8-4-2-5-9-18/h2-13,15,17H,14,16H2,1H3,(H,27,31)(H,32,33). The van der Waals surface area contributed by atoms with Crippen LogP contribution >= 0.6 is 27.7 Å².